The topological polar surface area (TPSA) is 58.2 Å². The lowest BCUT2D eigenvalue weighted by Gasteiger charge is -2.07. The number of nitrogens with one attached hydrogen (secondary N) is 2. The van der Waals surface area contributed by atoms with Gasteiger partial charge in [-0.1, -0.05) is 35.9 Å². The molecule has 0 unspecified atom stereocenters. The van der Waals surface area contributed by atoms with Crippen molar-refractivity contribution in [2.24, 2.45) is 0 Å². The molecule has 0 saturated carbocycles. The Morgan fingerprint density at radius 3 is 2.29 bits per heavy atom. The summed E-state index contributed by atoms with van der Waals surface area (Å²) in [6, 6.07) is 16.5. The Bertz CT molecular complexity index is 606. The van der Waals surface area contributed by atoms with Gasteiger partial charge < -0.3 is 10.6 Å². The van der Waals surface area contributed by atoms with Gasteiger partial charge in [0.15, 0.2) is 0 Å². The molecule has 4 nitrogen and oxygen atoms in total. The van der Waals surface area contributed by atoms with E-state index in [0.717, 1.165) is 11.3 Å². The van der Waals surface area contributed by atoms with Gasteiger partial charge in [-0.2, -0.15) is 0 Å². The molecular weight excluding hydrogens is 264 g/mol. The first-order valence-electron chi connectivity index (χ1n) is 6.85. The Kier molecular flexibility index (Phi) is 5.10. The van der Waals surface area contributed by atoms with Gasteiger partial charge in [0.2, 0.25) is 5.91 Å². The fraction of sp³-hybridized carbons (Fsp3) is 0.176. The van der Waals surface area contributed by atoms with Crippen LogP contribution in [0.3, 0.4) is 0 Å². The Hall–Kier alpha value is -2.62. The smallest absolute Gasteiger partial charge is 0.251 e. The van der Waals surface area contributed by atoms with Crippen LogP contribution in [0.1, 0.15) is 22.3 Å². The predicted octanol–water partition coefficient (Wildman–Crippen LogP) is 2.75. The van der Waals surface area contributed by atoms with E-state index in [2.05, 4.69) is 10.6 Å². The normalized spacial score (nSPS) is 9.95. The van der Waals surface area contributed by atoms with Crippen molar-refractivity contribution in [1.82, 2.24) is 5.32 Å². The lowest BCUT2D eigenvalue weighted by molar-refractivity contribution is -0.116. The molecule has 0 aliphatic rings. The van der Waals surface area contributed by atoms with E-state index in [0.29, 0.717) is 12.1 Å². The molecule has 21 heavy (non-hydrogen) atoms. The van der Waals surface area contributed by atoms with Crippen molar-refractivity contribution in [1.29, 1.82) is 0 Å². The van der Waals surface area contributed by atoms with Crippen molar-refractivity contribution in [3.63, 3.8) is 0 Å². The molecule has 0 atom stereocenters. The number of amides is 2. The van der Waals surface area contributed by atoms with Gasteiger partial charge in [0.05, 0.1) is 0 Å². The molecule has 0 spiro atoms. The average Bonchev–Trinajstić information content (AvgIpc) is 2.50. The predicted molar refractivity (Wildman–Crippen MR) is 83.2 cm³/mol. The number of benzene rings is 2. The van der Waals surface area contributed by atoms with E-state index in [9.17, 15) is 9.59 Å². The number of carbonyl (C=O) groups is 2. The van der Waals surface area contributed by atoms with Gasteiger partial charge in [-0.05, 0) is 31.2 Å². The quantitative estimate of drug-likeness (QED) is 0.886. The zero-order valence-electron chi connectivity index (χ0n) is 11.9. The monoisotopic (exact) mass is 282 g/mol. The van der Waals surface area contributed by atoms with E-state index in [1.54, 1.807) is 24.3 Å². The van der Waals surface area contributed by atoms with Crippen LogP contribution >= 0.6 is 0 Å². The number of aryl methyl sites for hydroxylation is 1. The third-order valence-electron chi connectivity index (χ3n) is 3.01. The maximum absolute atomic E-state index is 11.8. The van der Waals surface area contributed by atoms with E-state index >= 15 is 0 Å². The summed E-state index contributed by atoms with van der Waals surface area (Å²) >= 11 is 0. The van der Waals surface area contributed by atoms with Crippen LogP contribution in [-0.4, -0.2) is 18.4 Å². The second-order valence-electron chi connectivity index (χ2n) is 4.79. The van der Waals surface area contributed by atoms with Crippen LogP contribution in [0, 0.1) is 6.92 Å². The Labute approximate surface area is 124 Å². The van der Waals surface area contributed by atoms with Gasteiger partial charge in [0, 0.05) is 24.2 Å². The summed E-state index contributed by atoms with van der Waals surface area (Å²) in [4.78, 5) is 23.5. The molecule has 0 aliphatic heterocycles. The Balaban J connectivity index is 1.74. The van der Waals surface area contributed by atoms with Crippen LogP contribution in [0.5, 0.6) is 0 Å². The van der Waals surface area contributed by atoms with E-state index in [-0.39, 0.29) is 18.2 Å². The minimum absolute atomic E-state index is 0.118. The van der Waals surface area contributed by atoms with Crippen molar-refractivity contribution in [3.05, 3.63) is 65.7 Å². The summed E-state index contributed by atoms with van der Waals surface area (Å²) in [6.07, 6.45) is 0.243. The molecule has 0 bridgehead atoms. The van der Waals surface area contributed by atoms with Crippen LogP contribution in [0.4, 0.5) is 5.69 Å². The summed E-state index contributed by atoms with van der Waals surface area (Å²) in [5, 5.41) is 5.52. The van der Waals surface area contributed by atoms with Crippen LogP contribution in [0.2, 0.25) is 0 Å². The number of hydrogen-bond acceptors (Lipinski definition) is 2. The Morgan fingerprint density at radius 2 is 1.62 bits per heavy atom. The molecule has 2 N–H and O–H groups in total. The number of anilines is 1. The minimum Gasteiger partial charge on any atom is -0.352 e. The first kappa shape index (κ1) is 14.8. The summed E-state index contributed by atoms with van der Waals surface area (Å²) < 4.78 is 0. The van der Waals surface area contributed by atoms with Crippen molar-refractivity contribution >= 4 is 17.5 Å². The third-order valence-corrected chi connectivity index (χ3v) is 3.01. The molecule has 2 amide bonds. The van der Waals surface area contributed by atoms with Crippen molar-refractivity contribution < 1.29 is 9.59 Å². The molecule has 0 saturated heterocycles. The van der Waals surface area contributed by atoms with Crippen molar-refractivity contribution in [2.45, 2.75) is 13.3 Å². The van der Waals surface area contributed by atoms with Gasteiger partial charge in [0.1, 0.15) is 0 Å². The van der Waals surface area contributed by atoms with Gasteiger partial charge in [-0.25, -0.2) is 0 Å². The molecular formula is C17H18N2O2. The average molecular weight is 282 g/mol. The highest BCUT2D eigenvalue weighted by atomic mass is 16.2. The van der Waals surface area contributed by atoms with Crippen LogP contribution in [-0.2, 0) is 4.79 Å². The summed E-state index contributed by atoms with van der Waals surface area (Å²) in [5.41, 5.74) is 2.50. The number of carbonyl (C=O) groups excluding carboxylic acids is 2. The van der Waals surface area contributed by atoms with Crippen molar-refractivity contribution in [2.75, 3.05) is 11.9 Å². The minimum atomic E-state index is -0.168. The first-order valence-corrected chi connectivity index (χ1v) is 6.85. The SMILES string of the molecule is Cc1ccc(NC(=O)CCNC(=O)c2ccccc2)cc1. The zero-order valence-corrected chi connectivity index (χ0v) is 11.9. The van der Waals surface area contributed by atoms with Gasteiger partial charge in [-0.3, -0.25) is 9.59 Å². The highest BCUT2D eigenvalue weighted by Gasteiger charge is 2.06. The van der Waals surface area contributed by atoms with E-state index < -0.39 is 0 Å². The van der Waals surface area contributed by atoms with Gasteiger partial charge >= 0.3 is 0 Å². The number of hydrogen-bond donors (Lipinski definition) is 2. The zero-order chi connectivity index (χ0) is 15.1. The molecule has 4 heteroatoms. The second kappa shape index (κ2) is 7.24. The number of rotatable bonds is 5. The Morgan fingerprint density at radius 1 is 0.952 bits per heavy atom. The molecule has 0 radical (unpaired) electrons. The fourth-order valence-corrected chi connectivity index (χ4v) is 1.84. The molecule has 0 heterocycles. The van der Waals surface area contributed by atoms with Crippen molar-refractivity contribution in [3.8, 4) is 0 Å². The fourth-order valence-electron chi connectivity index (χ4n) is 1.84. The maximum Gasteiger partial charge on any atom is 0.251 e. The summed E-state index contributed by atoms with van der Waals surface area (Å²) in [6.45, 7) is 2.30. The van der Waals surface area contributed by atoms with Gasteiger partial charge in [-0.15, -0.1) is 0 Å². The molecule has 0 aromatic heterocycles. The molecule has 2 aromatic carbocycles. The molecule has 2 rings (SSSR count). The van der Waals surface area contributed by atoms with Crippen LogP contribution < -0.4 is 10.6 Å². The van der Waals surface area contributed by atoms with Gasteiger partial charge in [0.25, 0.3) is 5.91 Å². The lowest BCUT2D eigenvalue weighted by atomic mass is 10.2. The lowest BCUT2D eigenvalue weighted by Crippen LogP contribution is -2.27. The standard InChI is InChI=1S/C17H18N2O2/c1-13-7-9-15(10-8-13)19-16(20)11-12-18-17(21)14-5-3-2-4-6-14/h2-10H,11-12H2,1H3,(H,18,21)(H,19,20). The third kappa shape index (κ3) is 4.76. The van der Waals surface area contributed by atoms with E-state index in [1.165, 1.54) is 0 Å². The first-order chi connectivity index (χ1) is 10.1. The highest BCUT2D eigenvalue weighted by molar-refractivity contribution is 5.95. The second-order valence-corrected chi connectivity index (χ2v) is 4.79. The largest absolute Gasteiger partial charge is 0.352 e. The summed E-state index contributed by atoms with van der Waals surface area (Å²) in [7, 11) is 0. The molecule has 0 fully saturated rings. The molecule has 108 valence electrons. The maximum atomic E-state index is 11.8. The van der Waals surface area contributed by atoms with E-state index in [1.807, 2.05) is 37.3 Å². The van der Waals surface area contributed by atoms with Crippen LogP contribution in [0.15, 0.2) is 54.6 Å². The highest BCUT2D eigenvalue weighted by Crippen LogP contribution is 2.08. The molecule has 2 aromatic rings. The van der Waals surface area contributed by atoms with E-state index in [4.69, 9.17) is 0 Å². The molecule has 0 aliphatic carbocycles. The summed E-state index contributed by atoms with van der Waals surface area (Å²) in [5.74, 6) is -0.286. The van der Waals surface area contributed by atoms with Crippen LogP contribution in [0.25, 0.3) is 0 Å².